The number of carboxylic acids is 1. The van der Waals surface area contributed by atoms with Crippen LogP contribution in [0.1, 0.15) is 11.1 Å². The summed E-state index contributed by atoms with van der Waals surface area (Å²) in [5, 5.41) is 27.8. The zero-order valence-corrected chi connectivity index (χ0v) is 11.0. The second-order valence-corrected chi connectivity index (χ2v) is 4.65. The lowest BCUT2D eigenvalue weighted by Gasteiger charge is -2.32. The quantitative estimate of drug-likeness (QED) is 0.814. The number of carbonyl (C=O) groups is 1. The van der Waals surface area contributed by atoms with Crippen molar-refractivity contribution in [2.24, 2.45) is 0 Å². The second kappa shape index (κ2) is 5.25. The van der Waals surface area contributed by atoms with E-state index in [1.807, 2.05) is 0 Å². The second-order valence-electron chi connectivity index (χ2n) is 4.65. The van der Waals surface area contributed by atoms with Gasteiger partial charge in [0, 0.05) is 0 Å². The highest BCUT2D eigenvalue weighted by atomic mass is 19.4. The van der Waals surface area contributed by atoms with Gasteiger partial charge in [0.25, 0.3) is 0 Å². The first kappa shape index (κ1) is 15.7. The van der Waals surface area contributed by atoms with E-state index < -0.39 is 28.7 Å². The van der Waals surface area contributed by atoms with E-state index in [1.54, 1.807) is 0 Å². The Morgan fingerprint density at radius 1 is 0.773 bits per heavy atom. The molecule has 116 valence electrons. The molecule has 0 unspecified atom stereocenters. The molecule has 0 aliphatic carbocycles. The average Bonchev–Trinajstić information content (AvgIpc) is 2.41. The molecule has 0 amide bonds. The number of hydrogen-bond acceptors (Lipinski definition) is 3. The number of phenolic OH excluding ortho intramolecular Hbond substituents is 2. The Kier molecular flexibility index (Phi) is 3.74. The lowest BCUT2D eigenvalue weighted by Crippen LogP contribution is -2.50. The molecule has 0 saturated carbocycles. The van der Waals surface area contributed by atoms with Gasteiger partial charge in [-0.25, -0.2) is 0 Å². The van der Waals surface area contributed by atoms with Crippen molar-refractivity contribution in [2.75, 3.05) is 0 Å². The minimum atomic E-state index is -5.13. The first-order valence-corrected chi connectivity index (χ1v) is 6.08. The molecule has 2 aromatic rings. The molecule has 0 radical (unpaired) electrons. The fraction of sp³-hybridized carbons (Fsp3) is 0.133. The van der Waals surface area contributed by atoms with E-state index in [1.165, 1.54) is 0 Å². The highest BCUT2D eigenvalue weighted by Gasteiger charge is 2.63. The summed E-state index contributed by atoms with van der Waals surface area (Å²) in [5.74, 6) is -2.66. The van der Waals surface area contributed by atoms with Crippen LogP contribution in [0.2, 0.25) is 0 Å². The minimum Gasteiger partial charge on any atom is -0.508 e. The van der Waals surface area contributed by atoms with Gasteiger partial charge in [-0.3, -0.25) is 4.79 Å². The molecule has 0 fully saturated rings. The first-order valence-electron chi connectivity index (χ1n) is 6.08. The van der Waals surface area contributed by atoms with Gasteiger partial charge in [-0.1, -0.05) is 24.3 Å². The fourth-order valence-electron chi connectivity index (χ4n) is 2.29. The molecule has 2 aromatic carbocycles. The van der Waals surface area contributed by atoms with Crippen molar-refractivity contribution in [2.45, 2.75) is 11.6 Å². The lowest BCUT2D eigenvalue weighted by atomic mass is 9.73. The van der Waals surface area contributed by atoms with Gasteiger partial charge in [-0.15, -0.1) is 0 Å². The summed E-state index contributed by atoms with van der Waals surface area (Å²) >= 11 is 0. The molecule has 22 heavy (non-hydrogen) atoms. The zero-order valence-electron chi connectivity index (χ0n) is 11.0. The van der Waals surface area contributed by atoms with Crippen molar-refractivity contribution >= 4 is 5.97 Å². The third kappa shape index (κ3) is 2.34. The molecule has 0 aliphatic heterocycles. The number of aliphatic carboxylic acids is 1. The van der Waals surface area contributed by atoms with Gasteiger partial charge in [0.15, 0.2) is 0 Å². The van der Waals surface area contributed by atoms with Crippen LogP contribution in [0.15, 0.2) is 48.5 Å². The van der Waals surface area contributed by atoms with Crippen molar-refractivity contribution in [1.82, 2.24) is 0 Å². The molecule has 0 spiro atoms. The standard InChI is InChI=1S/C15H11F3O4/c16-15(17,18)14(13(21)22,9-1-5-11(19)6-2-9)10-3-7-12(20)8-4-10/h1-8,19-20H,(H,21,22). The molecule has 0 aromatic heterocycles. The summed E-state index contributed by atoms with van der Waals surface area (Å²) in [4.78, 5) is 11.6. The summed E-state index contributed by atoms with van der Waals surface area (Å²) in [7, 11) is 0. The van der Waals surface area contributed by atoms with Gasteiger partial charge in [0.05, 0.1) is 0 Å². The van der Waals surface area contributed by atoms with Crippen molar-refractivity contribution in [1.29, 1.82) is 0 Å². The van der Waals surface area contributed by atoms with Crippen LogP contribution in [0.4, 0.5) is 13.2 Å². The highest BCUT2D eigenvalue weighted by molar-refractivity contribution is 5.87. The van der Waals surface area contributed by atoms with Crippen LogP contribution in [0.3, 0.4) is 0 Å². The van der Waals surface area contributed by atoms with Crippen molar-refractivity contribution in [3.63, 3.8) is 0 Å². The largest absolute Gasteiger partial charge is 0.508 e. The van der Waals surface area contributed by atoms with E-state index in [9.17, 15) is 33.3 Å². The molecule has 0 bridgehead atoms. The number of alkyl halides is 3. The maximum atomic E-state index is 13.7. The summed E-state index contributed by atoms with van der Waals surface area (Å²) in [6.45, 7) is 0. The Morgan fingerprint density at radius 2 is 1.09 bits per heavy atom. The number of aromatic hydroxyl groups is 2. The van der Waals surface area contributed by atoms with E-state index in [0.29, 0.717) is 0 Å². The number of benzene rings is 2. The number of rotatable bonds is 3. The van der Waals surface area contributed by atoms with E-state index >= 15 is 0 Å². The van der Waals surface area contributed by atoms with Gasteiger partial charge in [-0.2, -0.15) is 13.2 Å². The topological polar surface area (TPSA) is 77.8 Å². The predicted molar refractivity (Wildman–Crippen MR) is 70.7 cm³/mol. The Bertz CT molecular complexity index is 630. The summed E-state index contributed by atoms with van der Waals surface area (Å²) in [6.07, 6.45) is -5.13. The molecule has 0 atom stereocenters. The third-order valence-corrected chi connectivity index (χ3v) is 3.35. The van der Waals surface area contributed by atoms with Gasteiger partial charge < -0.3 is 15.3 Å². The van der Waals surface area contributed by atoms with Crippen LogP contribution in [-0.2, 0) is 10.2 Å². The Balaban J connectivity index is 2.80. The van der Waals surface area contributed by atoms with Crippen LogP contribution in [0.5, 0.6) is 11.5 Å². The Labute approximate surface area is 123 Å². The van der Waals surface area contributed by atoms with Gasteiger partial charge in [-0.05, 0) is 35.4 Å². The smallest absolute Gasteiger partial charge is 0.412 e. The molecular formula is C15H11F3O4. The third-order valence-electron chi connectivity index (χ3n) is 3.35. The summed E-state index contributed by atoms with van der Waals surface area (Å²) in [5.41, 5.74) is -4.39. The van der Waals surface area contributed by atoms with Crippen molar-refractivity contribution in [3.8, 4) is 11.5 Å². The molecule has 2 rings (SSSR count). The van der Waals surface area contributed by atoms with E-state index in [0.717, 1.165) is 48.5 Å². The van der Waals surface area contributed by atoms with E-state index in [2.05, 4.69) is 0 Å². The number of carboxylic acid groups (broad SMARTS) is 1. The predicted octanol–water partition coefficient (Wildman–Crippen LogP) is 3.03. The summed E-state index contributed by atoms with van der Waals surface area (Å²) in [6, 6.07) is 7.57. The minimum absolute atomic E-state index is 0.282. The molecule has 3 N–H and O–H groups in total. The Hall–Kier alpha value is -2.70. The van der Waals surface area contributed by atoms with Crippen LogP contribution in [0.25, 0.3) is 0 Å². The zero-order chi connectivity index (χ0) is 16.5. The van der Waals surface area contributed by atoms with E-state index in [4.69, 9.17) is 0 Å². The molecule has 0 saturated heterocycles. The maximum Gasteiger partial charge on any atom is 0.412 e. The molecule has 4 nitrogen and oxygen atoms in total. The molecule has 0 heterocycles. The van der Waals surface area contributed by atoms with Gasteiger partial charge in [0.2, 0.25) is 5.41 Å². The molecule has 0 aliphatic rings. The monoisotopic (exact) mass is 312 g/mol. The van der Waals surface area contributed by atoms with Crippen LogP contribution in [0, 0.1) is 0 Å². The average molecular weight is 312 g/mol. The number of hydrogen-bond donors (Lipinski definition) is 3. The van der Waals surface area contributed by atoms with Crippen LogP contribution in [-0.4, -0.2) is 27.5 Å². The molecular weight excluding hydrogens is 301 g/mol. The summed E-state index contributed by atoms with van der Waals surface area (Å²) < 4.78 is 41.1. The van der Waals surface area contributed by atoms with Gasteiger partial charge >= 0.3 is 12.1 Å². The van der Waals surface area contributed by atoms with Crippen molar-refractivity contribution < 1.29 is 33.3 Å². The Morgan fingerprint density at radius 3 is 1.32 bits per heavy atom. The molecule has 7 heteroatoms. The van der Waals surface area contributed by atoms with Gasteiger partial charge in [0.1, 0.15) is 11.5 Å². The number of phenols is 2. The van der Waals surface area contributed by atoms with E-state index in [-0.39, 0.29) is 11.5 Å². The first-order chi connectivity index (χ1) is 10.2. The normalized spacial score (nSPS) is 12.1. The van der Waals surface area contributed by atoms with Crippen molar-refractivity contribution in [3.05, 3.63) is 59.7 Å². The fourth-order valence-corrected chi connectivity index (χ4v) is 2.29. The maximum absolute atomic E-state index is 13.7. The number of halogens is 3. The van der Waals surface area contributed by atoms with Crippen LogP contribution >= 0.6 is 0 Å². The SMILES string of the molecule is O=C(O)C(c1ccc(O)cc1)(c1ccc(O)cc1)C(F)(F)F. The van der Waals surface area contributed by atoms with Crippen LogP contribution < -0.4 is 0 Å². The highest BCUT2D eigenvalue weighted by Crippen LogP contribution is 2.47. The lowest BCUT2D eigenvalue weighted by molar-refractivity contribution is -0.196.